The molecule has 6 heteroatoms. The Balaban J connectivity index is 1.98. The summed E-state index contributed by atoms with van der Waals surface area (Å²) < 4.78 is 13.2. The Labute approximate surface area is 138 Å². The fraction of sp³-hybridized carbons (Fsp3) is 0.167. The molecule has 0 radical (unpaired) electrons. The van der Waals surface area contributed by atoms with Crippen LogP contribution in [0.4, 0.5) is 4.39 Å². The minimum absolute atomic E-state index is 0.322. The number of hydrogen-bond donors (Lipinski definition) is 2. The molecule has 0 fully saturated rings. The van der Waals surface area contributed by atoms with Crippen LogP contribution in [-0.4, -0.2) is 20.3 Å². The van der Waals surface area contributed by atoms with Crippen molar-refractivity contribution < 1.29 is 9.50 Å². The summed E-state index contributed by atoms with van der Waals surface area (Å²) >= 11 is 0. The van der Waals surface area contributed by atoms with Gasteiger partial charge in [-0.2, -0.15) is 10.4 Å². The summed E-state index contributed by atoms with van der Waals surface area (Å²) in [5, 5.41) is 26.9. The van der Waals surface area contributed by atoms with Crippen molar-refractivity contribution in [1.82, 2.24) is 15.2 Å². The molecule has 1 heterocycles. The van der Waals surface area contributed by atoms with Crippen molar-refractivity contribution in [2.45, 2.75) is 18.4 Å². The summed E-state index contributed by atoms with van der Waals surface area (Å²) in [5.74, 6) is 0.221. The predicted octanol–water partition coefficient (Wildman–Crippen LogP) is 2.68. The summed E-state index contributed by atoms with van der Waals surface area (Å²) in [6.45, 7) is 0. The van der Waals surface area contributed by atoms with E-state index in [0.29, 0.717) is 35.4 Å². The van der Waals surface area contributed by atoms with E-state index in [1.165, 1.54) is 18.5 Å². The van der Waals surface area contributed by atoms with Crippen molar-refractivity contribution >= 4 is 0 Å². The zero-order chi connectivity index (χ0) is 17.0. The van der Waals surface area contributed by atoms with Crippen LogP contribution in [0.25, 0.3) is 0 Å². The summed E-state index contributed by atoms with van der Waals surface area (Å²) in [6.07, 6.45) is 2.24. The molecule has 0 spiro atoms. The number of nitrogens with one attached hydrogen (secondary N) is 1. The van der Waals surface area contributed by atoms with Gasteiger partial charge in [-0.1, -0.05) is 24.3 Å². The van der Waals surface area contributed by atoms with Gasteiger partial charge in [0.1, 0.15) is 23.6 Å². The Morgan fingerprint density at radius 1 is 1.08 bits per heavy atom. The van der Waals surface area contributed by atoms with Gasteiger partial charge < -0.3 is 5.11 Å². The van der Waals surface area contributed by atoms with E-state index >= 15 is 0 Å². The Hall–Kier alpha value is -3.04. The molecule has 5 nitrogen and oxygen atoms in total. The van der Waals surface area contributed by atoms with Gasteiger partial charge in [0.05, 0.1) is 11.6 Å². The maximum atomic E-state index is 13.2. The van der Waals surface area contributed by atoms with Crippen molar-refractivity contribution in [1.29, 1.82) is 5.26 Å². The van der Waals surface area contributed by atoms with Crippen molar-refractivity contribution in [2.24, 2.45) is 0 Å². The molecule has 0 saturated carbocycles. The number of aryl methyl sites for hydroxylation is 1. The van der Waals surface area contributed by atoms with Crippen LogP contribution < -0.4 is 0 Å². The molecule has 0 amide bonds. The van der Waals surface area contributed by atoms with E-state index in [-0.39, 0.29) is 5.82 Å². The van der Waals surface area contributed by atoms with Crippen molar-refractivity contribution in [3.63, 3.8) is 0 Å². The van der Waals surface area contributed by atoms with Gasteiger partial charge in [-0.05, 0) is 41.8 Å². The molecule has 24 heavy (non-hydrogen) atoms. The lowest BCUT2D eigenvalue weighted by Crippen LogP contribution is -2.28. The molecule has 0 bridgehead atoms. The number of aliphatic hydroxyl groups is 1. The van der Waals surface area contributed by atoms with Gasteiger partial charge in [0.15, 0.2) is 0 Å². The van der Waals surface area contributed by atoms with Gasteiger partial charge in [-0.3, -0.25) is 5.10 Å². The average molecular weight is 322 g/mol. The molecule has 0 aliphatic carbocycles. The van der Waals surface area contributed by atoms with E-state index in [9.17, 15) is 9.50 Å². The molecule has 3 rings (SSSR count). The van der Waals surface area contributed by atoms with Gasteiger partial charge >= 0.3 is 0 Å². The van der Waals surface area contributed by atoms with Crippen LogP contribution in [0.3, 0.4) is 0 Å². The molecule has 1 atom stereocenters. The smallest absolute Gasteiger partial charge is 0.150 e. The molecule has 1 unspecified atom stereocenters. The largest absolute Gasteiger partial charge is 0.380 e. The fourth-order valence-electron chi connectivity index (χ4n) is 2.65. The van der Waals surface area contributed by atoms with E-state index in [4.69, 9.17) is 5.26 Å². The number of benzene rings is 2. The van der Waals surface area contributed by atoms with E-state index in [2.05, 4.69) is 21.3 Å². The van der Waals surface area contributed by atoms with Gasteiger partial charge in [-0.25, -0.2) is 9.37 Å². The molecule has 3 aromatic rings. The van der Waals surface area contributed by atoms with Gasteiger partial charge in [-0.15, -0.1) is 0 Å². The fourth-order valence-corrected chi connectivity index (χ4v) is 2.65. The molecule has 2 N–H and O–H groups in total. The van der Waals surface area contributed by atoms with Gasteiger partial charge in [0.2, 0.25) is 0 Å². The highest BCUT2D eigenvalue weighted by atomic mass is 19.1. The first-order valence-electron chi connectivity index (χ1n) is 7.45. The zero-order valence-electron chi connectivity index (χ0n) is 12.8. The Morgan fingerprint density at radius 3 is 2.25 bits per heavy atom. The Morgan fingerprint density at radius 2 is 1.71 bits per heavy atom. The molecule has 120 valence electrons. The standard InChI is InChI=1S/C18H15FN4O/c19-16-7-5-15(6-8-16)18(24,10-9-17-21-12-22-23-17)14-3-1-13(11-20)2-4-14/h1-8,12,24H,9-10H2,(H,21,22,23). The van der Waals surface area contributed by atoms with Crippen molar-refractivity contribution in [3.05, 3.63) is 83.2 Å². The number of halogens is 1. The van der Waals surface area contributed by atoms with E-state index in [1.54, 1.807) is 36.4 Å². The third kappa shape index (κ3) is 3.16. The number of aromatic nitrogens is 3. The monoisotopic (exact) mass is 322 g/mol. The first kappa shape index (κ1) is 15.8. The van der Waals surface area contributed by atoms with Crippen LogP contribution in [0.2, 0.25) is 0 Å². The third-order valence-electron chi connectivity index (χ3n) is 3.99. The first-order valence-corrected chi connectivity index (χ1v) is 7.45. The predicted molar refractivity (Wildman–Crippen MR) is 85.3 cm³/mol. The highest BCUT2D eigenvalue weighted by molar-refractivity contribution is 5.40. The summed E-state index contributed by atoms with van der Waals surface area (Å²) in [6, 6.07) is 14.5. The second-order valence-corrected chi connectivity index (χ2v) is 5.47. The molecule has 2 aromatic carbocycles. The number of nitriles is 1. The second-order valence-electron chi connectivity index (χ2n) is 5.47. The van der Waals surface area contributed by atoms with Gasteiger partial charge in [0.25, 0.3) is 0 Å². The van der Waals surface area contributed by atoms with E-state index in [0.717, 1.165) is 0 Å². The maximum absolute atomic E-state index is 13.2. The van der Waals surface area contributed by atoms with Crippen molar-refractivity contribution in [2.75, 3.05) is 0 Å². The quantitative estimate of drug-likeness (QED) is 0.756. The molecule has 0 aliphatic rings. The van der Waals surface area contributed by atoms with Crippen LogP contribution in [-0.2, 0) is 12.0 Å². The van der Waals surface area contributed by atoms with Crippen LogP contribution in [0, 0.1) is 17.1 Å². The molecule has 1 aromatic heterocycles. The maximum Gasteiger partial charge on any atom is 0.150 e. The number of rotatable bonds is 5. The average Bonchev–Trinajstić information content (AvgIpc) is 3.14. The highest BCUT2D eigenvalue weighted by Gasteiger charge is 2.31. The minimum Gasteiger partial charge on any atom is -0.380 e. The Bertz CT molecular complexity index is 838. The van der Waals surface area contributed by atoms with Crippen LogP contribution in [0.5, 0.6) is 0 Å². The highest BCUT2D eigenvalue weighted by Crippen LogP contribution is 2.34. The lowest BCUT2D eigenvalue weighted by Gasteiger charge is -2.29. The summed E-state index contributed by atoms with van der Waals surface area (Å²) in [7, 11) is 0. The summed E-state index contributed by atoms with van der Waals surface area (Å²) in [4.78, 5) is 4.07. The molecular formula is C18H15FN4O. The van der Waals surface area contributed by atoms with Crippen molar-refractivity contribution in [3.8, 4) is 6.07 Å². The summed E-state index contributed by atoms with van der Waals surface area (Å²) in [5.41, 5.74) is 0.379. The van der Waals surface area contributed by atoms with Crippen LogP contribution in [0.15, 0.2) is 54.9 Å². The number of H-pyrrole nitrogens is 1. The Kier molecular flexibility index (Phi) is 4.36. The van der Waals surface area contributed by atoms with E-state index in [1.807, 2.05) is 0 Å². The topological polar surface area (TPSA) is 85.6 Å². The zero-order valence-corrected chi connectivity index (χ0v) is 12.8. The van der Waals surface area contributed by atoms with E-state index < -0.39 is 5.60 Å². The van der Waals surface area contributed by atoms with Crippen LogP contribution in [0.1, 0.15) is 28.9 Å². The second kappa shape index (κ2) is 6.60. The molecule has 0 aliphatic heterocycles. The van der Waals surface area contributed by atoms with Gasteiger partial charge in [0, 0.05) is 6.42 Å². The number of aromatic amines is 1. The SMILES string of the molecule is N#Cc1ccc(C(O)(CCc2nc[nH]n2)c2ccc(F)cc2)cc1. The molecular weight excluding hydrogens is 307 g/mol. The van der Waals surface area contributed by atoms with Crippen LogP contribution >= 0.6 is 0 Å². The minimum atomic E-state index is -1.33. The lowest BCUT2D eigenvalue weighted by molar-refractivity contribution is 0.0707. The number of hydrogen-bond acceptors (Lipinski definition) is 4. The third-order valence-corrected chi connectivity index (χ3v) is 3.99. The lowest BCUT2D eigenvalue weighted by atomic mass is 9.82. The first-order chi connectivity index (χ1) is 11.6. The number of nitrogens with zero attached hydrogens (tertiary/aromatic N) is 3. The molecule has 0 saturated heterocycles. The normalized spacial score (nSPS) is 13.2.